The molecular formula is C17H19NOSe. The van der Waals surface area contributed by atoms with E-state index in [0.29, 0.717) is 15.0 Å². The van der Waals surface area contributed by atoms with E-state index in [1.54, 1.807) is 0 Å². The Hall–Kier alpha value is -1.57. The van der Waals surface area contributed by atoms with E-state index in [9.17, 15) is 4.79 Å². The maximum absolute atomic E-state index is 12.4. The number of rotatable bonds is 6. The molecule has 0 aliphatic heterocycles. The van der Waals surface area contributed by atoms with Crippen LogP contribution in [0.1, 0.15) is 30.1 Å². The number of anilines is 1. The Morgan fingerprint density at radius 3 is 2.50 bits per heavy atom. The van der Waals surface area contributed by atoms with Crippen molar-refractivity contribution in [2.45, 2.75) is 25.1 Å². The van der Waals surface area contributed by atoms with Gasteiger partial charge in [0, 0.05) is 0 Å². The average Bonchev–Trinajstić information content (AvgIpc) is 2.49. The number of carbonyl (C=O) groups excluding carboxylic acids is 1. The molecule has 20 heavy (non-hydrogen) atoms. The number of para-hydroxylation sites is 1. The Morgan fingerprint density at radius 1 is 1.05 bits per heavy atom. The molecule has 1 N–H and O–H groups in total. The fourth-order valence-electron chi connectivity index (χ4n) is 1.83. The van der Waals surface area contributed by atoms with Gasteiger partial charge >= 0.3 is 126 Å². The molecule has 104 valence electrons. The van der Waals surface area contributed by atoms with Crippen LogP contribution in [0.15, 0.2) is 54.6 Å². The Kier molecular flexibility index (Phi) is 5.85. The second kappa shape index (κ2) is 7.88. The molecule has 0 saturated carbocycles. The number of carbonyl (C=O) groups is 1. The molecule has 0 aliphatic rings. The van der Waals surface area contributed by atoms with Crippen LogP contribution in [0, 0.1) is 0 Å². The number of amides is 1. The first-order valence-corrected chi connectivity index (χ1v) is 8.96. The van der Waals surface area contributed by atoms with E-state index in [0.717, 1.165) is 11.3 Å². The second-order valence-corrected chi connectivity index (χ2v) is 6.90. The van der Waals surface area contributed by atoms with Gasteiger partial charge in [0.1, 0.15) is 0 Å². The Morgan fingerprint density at radius 2 is 1.75 bits per heavy atom. The van der Waals surface area contributed by atoms with Gasteiger partial charge in [-0.15, -0.1) is 0 Å². The number of hydrogen-bond donors (Lipinski definition) is 1. The van der Waals surface area contributed by atoms with E-state index in [2.05, 4.69) is 18.3 Å². The summed E-state index contributed by atoms with van der Waals surface area (Å²) in [5, 5.41) is 4.15. The average molecular weight is 332 g/mol. The summed E-state index contributed by atoms with van der Waals surface area (Å²) >= 11 is 0.376. The molecule has 2 aromatic rings. The summed E-state index contributed by atoms with van der Waals surface area (Å²) in [5.41, 5.74) is 1.65. The summed E-state index contributed by atoms with van der Waals surface area (Å²) in [6.07, 6.45) is 2.44. The molecule has 0 aliphatic carbocycles. The minimum absolute atomic E-state index is 0.00910. The van der Waals surface area contributed by atoms with Gasteiger partial charge in [0.05, 0.1) is 0 Å². The summed E-state index contributed by atoms with van der Waals surface area (Å²) < 4.78 is 1.20. The molecule has 0 unspecified atom stereocenters. The summed E-state index contributed by atoms with van der Waals surface area (Å²) in [7, 11) is 0. The quantitative estimate of drug-likeness (QED) is 0.637. The number of nitrogens with one attached hydrogen (secondary N) is 1. The molecule has 0 saturated heterocycles. The van der Waals surface area contributed by atoms with Crippen LogP contribution in [0.2, 0.25) is 5.32 Å². The molecule has 0 bridgehead atoms. The molecule has 0 aromatic heterocycles. The molecule has 2 rings (SSSR count). The molecule has 0 atom stereocenters. The minimum atomic E-state index is -0.00910. The summed E-state index contributed by atoms with van der Waals surface area (Å²) in [4.78, 5) is 12.4. The normalized spacial score (nSPS) is 10.2. The van der Waals surface area contributed by atoms with Crippen molar-refractivity contribution in [3.05, 3.63) is 60.2 Å². The van der Waals surface area contributed by atoms with Gasteiger partial charge in [-0.25, -0.2) is 0 Å². The van der Waals surface area contributed by atoms with Crippen molar-refractivity contribution in [2.75, 3.05) is 5.32 Å². The van der Waals surface area contributed by atoms with Crippen molar-refractivity contribution in [1.29, 1.82) is 0 Å². The summed E-state index contributed by atoms with van der Waals surface area (Å²) in [6.45, 7) is 2.20. The molecule has 2 aromatic carbocycles. The van der Waals surface area contributed by atoms with Gasteiger partial charge in [-0.2, -0.15) is 0 Å². The topological polar surface area (TPSA) is 29.1 Å². The van der Waals surface area contributed by atoms with Crippen LogP contribution >= 0.6 is 0 Å². The number of hydrogen-bond acceptors (Lipinski definition) is 1. The predicted octanol–water partition coefficient (Wildman–Crippen LogP) is 3.49. The molecule has 3 heteroatoms. The zero-order chi connectivity index (χ0) is 14.2. The first-order valence-electron chi connectivity index (χ1n) is 6.89. The monoisotopic (exact) mass is 333 g/mol. The van der Waals surface area contributed by atoms with Crippen molar-refractivity contribution in [1.82, 2.24) is 0 Å². The van der Waals surface area contributed by atoms with Crippen LogP contribution in [-0.2, 0) is 0 Å². The van der Waals surface area contributed by atoms with Crippen molar-refractivity contribution in [3.63, 3.8) is 0 Å². The van der Waals surface area contributed by atoms with E-state index in [1.165, 1.54) is 22.6 Å². The Labute approximate surface area is 126 Å². The van der Waals surface area contributed by atoms with Gasteiger partial charge in [-0.05, 0) is 0 Å². The van der Waals surface area contributed by atoms with Gasteiger partial charge < -0.3 is 0 Å². The van der Waals surface area contributed by atoms with E-state index < -0.39 is 0 Å². The van der Waals surface area contributed by atoms with Crippen molar-refractivity contribution in [2.24, 2.45) is 0 Å². The van der Waals surface area contributed by atoms with Gasteiger partial charge in [-0.3, -0.25) is 0 Å². The van der Waals surface area contributed by atoms with Crippen LogP contribution in [0.5, 0.6) is 0 Å². The fourth-order valence-corrected chi connectivity index (χ4v) is 4.23. The maximum atomic E-state index is 12.4. The first-order chi connectivity index (χ1) is 9.81. The van der Waals surface area contributed by atoms with Gasteiger partial charge in [0.2, 0.25) is 0 Å². The SMILES string of the molecule is CCCC[Se]c1ccccc1C(=O)Nc1ccccc1. The van der Waals surface area contributed by atoms with E-state index in [4.69, 9.17) is 0 Å². The zero-order valence-corrected chi connectivity index (χ0v) is 13.3. The number of benzene rings is 2. The number of unbranched alkanes of at least 4 members (excludes halogenated alkanes) is 1. The van der Waals surface area contributed by atoms with Crippen LogP contribution in [-0.4, -0.2) is 20.9 Å². The van der Waals surface area contributed by atoms with Crippen LogP contribution < -0.4 is 9.78 Å². The Bertz CT molecular complexity index is 554. The standard InChI is InChI=1S/C17H19NOSe/c1-2-3-13-20-16-12-8-7-11-15(16)17(19)18-14-9-5-4-6-10-14/h4-12H,2-3,13H2,1H3,(H,18,19). The first kappa shape index (κ1) is 14.8. The third kappa shape index (κ3) is 4.22. The summed E-state index contributed by atoms with van der Waals surface area (Å²) in [5.74, 6) is -0.00910. The van der Waals surface area contributed by atoms with Gasteiger partial charge in [0.15, 0.2) is 0 Å². The molecule has 0 fully saturated rings. The second-order valence-electron chi connectivity index (χ2n) is 4.52. The van der Waals surface area contributed by atoms with E-state index in [1.807, 2.05) is 48.5 Å². The third-order valence-electron chi connectivity index (χ3n) is 2.92. The zero-order valence-electron chi connectivity index (χ0n) is 11.6. The van der Waals surface area contributed by atoms with Crippen LogP contribution in [0.3, 0.4) is 0 Å². The van der Waals surface area contributed by atoms with Crippen LogP contribution in [0.25, 0.3) is 0 Å². The summed E-state index contributed by atoms with van der Waals surface area (Å²) in [6, 6.07) is 17.5. The molecular weight excluding hydrogens is 313 g/mol. The fraction of sp³-hybridized carbons (Fsp3) is 0.235. The van der Waals surface area contributed by atoms with Crippen molar-refractivity contribution < 1.29 is 4.79 Å². The van der Waals surface area contributed by atoms with Crippen molar-refractivity contribution >= 4 is 31.0 Å². The van der Waals surface area contributed by atoms with E-state index in [-0.39, 0.29) is 5.91 Å². The van der Waals surface area contributed by atoms with Gasteiger partial charge in [0.25, 0.3) is 0 Å². The molecule has 0 radical (unpaired) electrons. The van der Waals surface area contributed by atoms with Crippen LogP contribution in [0.4, 0.5) is 5.69 Å². The molecule has 0 heterocycles. The molecule has 0 spiro atoms. The molecule has 1 amide bonds. The third-order valence-corrected chi connectivity index (χ3v) is 5.35. The predicted molar refractivity (Wildman–Crippen MR) is 85.9 cm³/mol. The van der Waals surface area contributed by atoms with E-state index >= 15 is 0 Å². The van der Waals surface area contributed by atoms with Gasteiger partial charge in [-0.1, -0.05) is 0 Å². The van der Waals surface area contributed by atoms with Crippen molar-refractivity contribution in [3.8, 4) is 0 Å². The Balaban J connectivity index is 2.09. The molecule has 2 nitrogen and oxygen atoms in total.